The first-order chi connectivity index (χ1) is 14.5. The summed E-state index contributed by atoms with van der Waals surface area (Å²) in [5.41, 5.74) is -4.35. The van der Waals surface area contributed by atoms with E-state index < -0.39 is 46.6 Å². The highest BCUT2D eigenvalue weighted by atomic mass is 35.5. The number of alkyl halides is 2. The molecule has 4 aliphatic carbocycles. The topological polar surface area (TPSA) is 63.6 Å². The Kier molecular flexibility index (Phi) is 5.45. The molecule has 3 saturated carbocycles. The molecule has 0 aromatic carbocycles. The number of fused-ring (bicyclic) bond motifs is 5. The number of halogens is 3. The van der Waals surface area contributed by atoms with Gasteiger partial charge in [-0.15, -0.1) is 0 Å². The summed E-state index contributed by atoms with van der Waals surface area (Å²) in [6, 6.07) is 0. The number of hydrogen-bond donors (Lipinski definition) is 1. The molecule has 0 spiro atoms. The molecule has 0 saturated heterocycles. The lowest BCUT2D eigenvalue weighted by atomic mass is 9.44. The number of aliphatic hydroxyl groups excluding tert-OH is 1. The lowest BCUT2D eigenvalue weighted by Gasteiger charge is -2.62. The molecule has 0 bridgehead atoms. The Morgan fingerprint density at radius 3 is 2.61 bits per heavy atom. The minimum Gasteiger partial charge on any atom is -0.461 e. The van der Waals surface area contributed by atoms with Gasteiger partial charge in [0.2, 0.25) is 0 Å². The third-order valence-electron chi connectivity index (χ3n) is 8.89. The van der Waals surface area contributed by atoms with Crippen molar-refractivity contribution < 1.29 is 28.2 Å². The SMILES string of the molecule is CCC(=O)O[C@@H]1[C@@H](C)C[C@H]2[C@@H]3C[C@H](F)C4=C(Cl)C(=O)C=C[C@]4(C)[C@@]3(F)[C@@H](O)C[C@]12CC. The van der Waals surface area contributed by atoms with Crippen LogP contribution in [0.5, 0.6) is 0 Å². The first-order valence-corrected chi connectivity index (χ1v) is 11.7. The highest BCUT2D eigenvalue weighted by Gasteiger charge is 2.74. The van der Waals surface area contributed by atoms with E-state index in [-0.39, 0.29) is 47.7 Å². The number of allylic oxidation sites excluding steroid dienone is 4. The van der Waals surface area contributed by atoms with Gasteiger partial charge < -0.3 is 9.84 Å². The van der Waals surface area contributed by atoms with E-state index >= 15 is 8.78 Å². The molecule has 172 valence electrons. The first kappa shape index (κ1) is 22.9. The van der Waals surface area contributed by atoms with Crippen molar-refractivity contribution in [2.75, 3.05) is 0 Å². The Hall–Kier alpha value is -1.27. The van der Waals surface area contributed by atoms with Crippen LogP contribution in [0.15, 0.2) is 22.8 Å². The summed E-state index contributed by atoms with van der Waals surface area (Å²) in [6.45, 7) is 7.22. The van der Waals surface area contributed by atoms with Gasteiger partial charge in [0, 0.05) is 23.2 Å². The van der Waals surface area contributed by atoms with Crippen molar-refractivity contribution in [3.05, 3.63) is 22.8 Å². The van der Waals surface area contributed by atoms with E-state index in [2.05, 4.69) is 0 Å². The number of hydrogen-bond acceptors (Lipinski definition) is 4. The lowest BCUT2D eigenvalue weighted by molar-refractivity contribution is -0.217. The Bertz CT molecular complexity index is 872. The summed E-state index contributed by atoms with van der Waals surface area (Å²) in [5, 5.41) is 11.0. The molecule has 0 amide bonds. The molecule has 4 aliphatic rings. The fraction of sp³-hybridized carbons (Fsp3) is 0.750. The van der Waals surface area contributed by atoms with Crippen molar-refractivity contribution in [3.63, 3.8) is 0 Å². The fourth-order valence-electron chi connectivity index (χ4n) is 7.45. The van der Waals surface area contributed by atoms with Gasteiger partial charge in [-0.25, -0.2) is 8.78 Å². The largest absolute Gasteiger partial charge is 0.461 e. The summed E-state index contributed by atoms with van der Waals surface area (Å²) in [6.07, 6.45) is 0.562. The van der Waals surface area contributed by atoms with Crippen molar-refractivity contribution in [2.24, 2.45) is 28.6 Å². The van der Waals surface area contributed by atoms with Crippen molar-refractivity contribution in [1.29, 1.82) is 0 Å². The number of carbonyl (C=O) groups is 2. The second kappa shape index (κ2) is 7.38. The molecule has 0 aliphatic heterocycles. The van der Waals surface area contributed by atoms with Crippen LogP contribution in [0, 0.1) is 28.6 Å². The molecule has 7 heteroatoms. The van der Waals surface area contributed by atoms with E-state index in [9.17, 15) is 14.7 Å². The summed E-state index contributed by atoms with van der Waals surface area (Å²) >= 11 is 6.18. The van der Waals surface area contributed by atoms with Crippen LogP contribution in [0.4, 0.5) is 8.78 Å². The Balaban J connectivity index is 1.84. The van der Waals surface area contributed by atoms with Crippen molar-refractivity contribution >= 4 is 23.4 Å². The van der Waals surface area contributed by atoms with Gasteiger partial charge in [-0.3, -0.25) is 9.59 Å². The normalized spacial score (nSPS) is 48.8. The number of aliphatic hydroxyl groups is 1. The predicted molar refractivity (Wildman–Crippen MR) is 113 cm³/mol. The van der Waals surface area contributed by atoms with Gasteiger partial charge in [-0.1, -0.05) is 38.4 Å². The smallest absolute Gasteiger partial charge is 0.305 e. The van der Waals surface area contributed by atoms with E-state index in [1.54, 1.807) is 13.8 Å². The summed E-state index contributed by atoms with van der Waals surface area (Å²) in [5.74, 6) is -1.91. The van der Waals surface area contributed by atoms with Crippen molar-refractivity contribution in [3.8, 4) is 0 Å². The van der Waals surface area contributed by atoms with E-state index in [1.807, 2.05) is 13.8 Å². The molecule has 9 atom stereocenters. The van der Waals surface area contributed by atoms with Crippen molar-refractivity contribution in [2.45, 2.75) is 83.8 Å². The van der Waals surface area contributed by atoms with Crippen LogP contribution in [0.3, 0.4) is 0 Å². The monoisotopic (exact) mass is 456 g/mol. The molecule has 0 unspecified atom stereocenters. The van der Waals surface area contributed by atoms with Gasteiger partial charge in [0.1, 0.15) is 12.3 Å². The van der Waals surface area contributed by atoms with E-state index in [0.29, 0.717) is 12.8 Å². The summed E-state index contributed by atoms with van der Waals surface area (Å²) in [7, 11) is 0. The standard InChI is InChI=1S/C24H31ClF2O4/c1-5-18(30)31-21-12(3)9-13-14-10-15(26)19-20(25)16(28)7-8-22(19,4)24(14,27)17(29)11-23(13,21)6-2/h7-8,12-15,17,21,29H,5-6,9-11H2,1-4H3/t12-,13-,14-,15-,17-,21+,22-,23-,24-/m0/s1. The maximum absolute atomic E-state index is 17.2. The van der Waals surface area contributed by atoms with Gasteiger partial charge in [-0.2, -0.15) is 0 Å². The van der Waals surface area contributed by atoms with Crippen molar-refractivity contribution in [1.82, 2.24) is 0 Å². The highest BCUT2D eigenvalue weighted by molar-refractivity contribution is 6.45. The third kappa shape index (κ3) is 2.79. The van der Waals surface area contributed by atoms with Crippen LogP contribution in [0.2, 0.25) is 0 Å². The van der Waals surface area contributed by atoms with E-state index in [1.165, 1.54) is 12.2 Å². The van der Waals surface area contributed by atoms with Crippen LogP contribution in [0.25, 0.3) is 0 Å². The zero-order chi connectivity index (χ0) is 22.9. The van der Waals surface area contributed by atoms with Crippen LogP contribution in [-0.2, 0) is 14.3 Å². The van der Waals surface area contributed by atoms with Gasteiger partial charge in [0.15, 0.2) is 11.5 Å². The maximum atomic E-state index is 17.2. The molecule has 4 nitrogen and oxygen atoms in total. The van der Waals surface area contributed by atoms with Crippen LogP contribution < -0.4 is 0 Å². The van der Waals surface area contributed by atoms with Gasteiger partial charge >= 0.3 is 5.97 Å². The molecular formula is C24H31ClF2O4. The second-order valence-electron chi connectivity index (χ2n) is 10.1. The lowest BCUT2D eigenvalue weighted by Crippen LogP contribution is -2.69. The fourth-order valence-corrected chi connectivity index (χ4v) is 7.83. The minimum atomic E-state index is -2.17. The summed E-state index contributed by atoms with van der Waals surface area (Å²) < 4.78 is 38.5. The molecule has 4 rings (SSSR count). The average Bonchev–Trinajstić information content (AvgIpc) is 2.99. The number of esters is 1. The van der Waals surface area contributed by atoms with E-state index in [0.717, 1.165) is 0 Å². The molecule has 3 fully saturated rings. The predicted octanol–water partition coefficient (Wildman–Crippen LogP) is 4.83. The number of carbonyl (C=O) groups excluding carboxylic acids is 2. The Morgan fingerprint density at radius 2 is 2.00 bits per heavy atom. The van der Waals surface area contributed by atoms with Gasteiger partial charge in [0.05, 0.1) is 11.1 Å². The molecule has 0 radical (unpaired) electrons. The molecule has 0 heterocycles. The molecular weight excluding hydrogens is 426 g/mol. The average molecular weight is 457 g/mol. The molecule has 0 aromatic heterocycles. The highest BCUT2D eigenvalue weighted by Crippen LogP contribution is 2.70. The Morgan fingerprint density at radius 1 is 1.32 bits per heavy atom. The Labute approximate surface area is 187 Å². The zero-order valence-electron chi connectivity index (χ0n) is 18.5. The molecule has 31 heavy (non-hydrogen) atoms. The third-order valence-corrected chi connectivity index (χ3v) is 9.28. The molecule has 1 N–H and O–H groups in total. The van der Waals surface area contributed by atoms with Gasteiger partial charge in [0.25, 0.3) is 0 Å². The second-order valence-corrected chi connectivity index (χ2v) is 10.5. The zero-order valence-corrected chi connectivity index (χ0v) is 19.2. The van der Waals surface area contributed by atoms with E-state index in [4.69, 9.17) is 16.3 Å². The van der Waals surface area contributed by atoms with Gasteiger partial charge in [-0.05, 0) is 56.1 Å². The van der Waals surface area contributed by atoms with Crippen LogP contribution >= 0.6 is 11.6 Å². The van der Waals surface area contributed by atoms with Crippen LogP contribution in [0.1, 0.15) is 59.8 Å². The number of rotatable bonds is 3. The van der Waals surface area contributed by atoms with Crippen LogP contribution in [-0.4, -0.2) is 40.9 Å². The number of ketones is 1. The quantitative estimate of drug-likeness (QED) is 0.618. The number of ether oxygens (including phenoxy) is 1. The minimum absolute atomic E-state index is 0.0233. The summed E-state index contributed by atoms with van der Waals surface area (Å²) in [4.78, 5) is 24.3. The first-order valence-electron chi connectivity index (χ1n) is 11.3. The molecule has 0 aromatic rings. The maximum Gasteiger partial charge on any atom is 0.305 e.